The fourth-order valence-corrected chi connectivity index (χ4v) is 5.44. The number of hydrogen-bond acceptors (Lipinski definition) is 4. The number of carbonyl (C=O) groups excluding carboxylic acids is 1. The van der Waals surface area contributed by atoms with E-state index >= 15 is 0 Å². The average Bonchev–Trinajstić information content (AvgIpc) is 2.75. The smallest absolute Gasteiger partial charge is 0.264 e. The van der Waals surface area contributed by atoms with E-state index in [9.17, 15) is 13.2 Å². The molecule has 0 saturated heterocycles. The second-order valence-corrected chi connectivity index (χ2v) is 9.64. The zero-order valence-corrected chi connectivity index (χ0v) is 18.1. The van der Waals surface area contributed by atoms with Crippen molar-refractivity contribution in [2.24, 2.45) is 5.73 Å². The predicted molar refractivity (Wildman–Crippen MR) is 116 cm³/mol. The summed E-state index contributed by atoms with van der Waals surface area (Å²) in [5, 5.41) is 3.67. The maximum atomic E-state index is 13.3. The molecule has 2 atom stereocenters. The molecule has 0 radical (unpaired) electrons. The van der Waals surface area contributed by atoms with E-state index in [1.165, 1.54) is 17.4 Å². The van der Waals surface area contributed by atoms with Gasteiger partial charge < -0.3 is 5.73 Å². The number of benzene rings is 2. The van der Waals surface area contributed by atoms with Crippen molar-refractivity contribution in [2.75, 3.05) is 11.4 Å². The molecule has 1 heterocycles. The molecule has 1 aliphatic rings. The summed E-state index contributed by atoms with van der Waals surface area (Å²) in [5.74, 6) is -0.449. The second kappa shape index (κ2) is 8.73. The van der Waals surface area contributed by atoms with Gasteiger partial charge in [-0.05, 0) is 35.7 Å². The topological polar surface area (TPSA) is 92.5 Å². The number of unbranched alkanes of at least 4 members (excludes halogenated alkanes) is 2. The lowest BCUT2D eigenvalue weighted by molar-refractivity contribution is -0.120. The number of nitrogens with zero attached hydrogens (tertiary/aromatic N) is 1. The molecule has 0 aliphatic carbocycles. The van der Waals surface area contributed by atoms with E-state index < -0.39 is 28.0 Å². The van der Waals surface area contributed by atoms with E-state index in [1.54, 1.807) is 24.3 Å². The SMILES string of the molecule is CCCCCC(NC1c2ccccc2N(C)S(=O)(=O)c2cc(Cl)ccc21)C(N)=O. The molecular formula is C21H26ClN3O3S. The largest absolute Gasteiger partial charge is 0.368 e. The number of fused-ring (bicyclic) bond motifs is 2. The minimum absolute atomic E-state index is 0.123. The van der Waals surface area contributed by atoms with Gasteiger partial charge in [0.25, 0.3) is 10.0 Å². The number of halogens is 1. The second-order valence-electron chi connectivity index (χ2n) is 7.26. The van der Waals surface area contributed by atoms with E-state index in [0.717, 1.165) is 24.8 Å². The molecule has 3 N–H and O–H groups in total. The van der Waals surface area contributed by atoms with Crippen LogP contribution in [0, 0.1) is 0 Å². The van der Waals surface area contributed by atoms with Crippen LogP contribution in [0.15, 0.2) is 47.4 Å². The van der Waals surface area contributed by atoms with Crippen molar-refractivity contribution in [2.45, 2.75) is 49.6 Å². The van der Waals surface area contributed by atoms with E-state index in [0.29, 0.717) is 22.7 Å². The van der Waals surface area contributed by atoms with Gasteiger partial charge in [-0.25, -0.2) is 8.42 Å². The van der Waals surface area contributed by atoms with Crippen LogP contribution in [0.2, 0.25) is 5.02 Å². The number of sulfonamides is 1. The van der Waals surface area contributed by atoms with Crippen LogP contribution in [0.4, 0.5) is 5.69 Å². The highest BCUT2D eigenvalue weighted by Gasteiger charge is 2.36. The third-order valence-corrected chi connectivity index (χ3v) is 7.38. The molecule has 0 aromatic heterocycles. The summed E-state index contributed by atoms with van der Waals surface area (Å²) in [7, 11) is -2.29. The number of amides is 1. The first-order valence-electron chi connectivity index (χ1n) is 9.70. The monoisotopic (exact) mass is 435 g/mol. The number of para-hydroxylation sites is 1. The lowest BCUT2D eigenvalue weighted by atomic mass is 9.95. The van der Waals surface area contributed by atoms with Gasteiger partial charge >= 0.3 is 0 Å². The lowest BCUT2D eigenvalue weighted by Gasteiger charge is -2.26. The maximum absolute atomic E-state index is 13.3. The van der Waals surface area contributed by atoms with Gasteiger partial charge in [-0.3, -0.25) is 14.4 Å². The minimum atomic E-state index is -3.81. The molecule has 29 heavy (non-hydrogen) atoms. The van der Waals surface area contributed by atoms with Crippen LogP contribution < -0.4 is 15.4 Å². The highest BCUT2D eigenvalue weighted by molar-refractivity contribution is 7.92. The summed E-state index contributed by atoms with van der Waals surface area (Å²) in [6.07, 6.45) is 3.47. The van der Waals surface area contributed by atoms with Crippen molar-refractivity contribution < 1.29 is 13.2 Å². The van der Waals surface area contributed by atoms with Gasteiger partial charge in [0, 0.05) is 12.1 Å². The zero-order chi connectivity index (χ0) is 21.2. The number of nitrogens with one attached hydrogen (secondary N) is 1. The minimum Gasteiger partial charge on any atom is -0.368 e. The van der Waals surface area contributed by atoms with Gasteiger partial charge in [0.1, 0.15) is 0 Å². The molecule has 3 rings (SSSR count). The quantitative estimate of drug-likeness (QED) is 0.650. The fourth-order valence-electron chi connectivity index (χ4n) is 3.72. The lowest BCUT2D eigenvalue weighted by Crippen LogP contribution is -2.43. The van der Waals surface area contributed by atoms with Crippen molar-refractivity contribution in [3.63, 3.8) is 0 Å². The predicted octanol–water partition coefficient (Wildman–Crippen LogP) is 3.59. The molecule has 156 valence electrons. The molecule has 6 nitrogen and oxygen atoms in total. The van der Waals surface area contributed by atoms with Gasteiger partial charge in [-0.1, -0.05) is 62.1 Å². The third kappa shape index (κ3) is 4.27. The van der Waals surface area contributed by atoms with E-state index in [1.807, 2.05) is 12.1 Å². The molecule has 2 aromatic rings. The average molecular weight is 436 g/mol. The number of carbonyl (C=O) groups is 1. The summed E-state index contributed by atoms with van der Waals surface area (Å²) in [4.78, 5) is 12.3. The van der Waals surface area contributed by atoms with Crippen molar-refractivity contribution in [3.8, 4) is 0 Å². The Hall–Kier alpha value is -2.09. The molecular weight excluding hydrogens is 410 g/mol. The molecule has 0 saturated carbocycles. The third-order valence-electron chi connectivity index (χ3n) is 5.32. The number of hydrogen-bond donors (Lipinski definition) is 2. The molecule has 0 fully saturated rings. The summed E-state index contributed by atoms with van der Waals surface area (Å²) < 4.78 is 27.8. The first-order chi connectivity index (χ1) is 13.8. The van der Waals surface area contributed by atoms with Crippen LogP contribution in [0.5, 0.6) is 0 Å². The Morgan fingerprint density at radius 1 is 1.21 bits per heavy atom. The van der Waals surface area contributed by atoms with E-state index in [2.05, 4.69) is 12.2 Å². The first kappa shape index (κ1) is 21.6. The summed E-state index contributed by atoms with van der Waals surface area (Å²) in [5.41, 5.74) is 7.53. The Bertz CT molecular complexity index is 1010. The van der Waals surface area contributed by atoms with Crippen molar-refractivity contribution in [3.05, 3.63) is 58.6 Å². The molecule has 8 heteroatoms. The van der Waals surface area contributed by atoms with Crippen LogP contribution in [0.3, 0.4) is 0 Å². The van der Waals surface area contributed by atoms with Crippen molar-refractivity contribution in [1.82, 2.24) is 5.32 Å². The van der Waals surface area contributed by atoms with Gasteiger partial charge in [0.2, 0.25) is 5.91 Å². The van der Waals surface area contributed by atoms with Crippen molar-refractivity contribution >= 4 is 33.2 Å². The maximum Gasteiger partial charge on any atom is 0.264 e. The first-order valence-corrected chi connectivity index (χ1v) is 11.5. The van der Waals surface area contributed by atoms with Crippen LogP contribution in [-0.4, -0.2) is 27.4 Å². The number of anilines is 1. The normalized spacial score (nSPS) is 18.4. The summed E-state index contributed by atoms with van der Waals surface area (Å²) in [6.45, 7) is 2.09. The molecule has 0 spiro atoms. The summed E-state index contributed by atoms with van der Waals surface area (Å²) in [6, 6.07) is 11.0. The van der Waals surface area contributed by atoms with Gasteiger partial charge in [0.05, 0.1) is 22.7 Å². The fraction of sp³-hybridized carbons (Fsp3) is 0.381. The Morgan fingerprint density at radius 2 is 1.93 bits per heavy atom. The Kier molecular flexibility index (Phi) is 6.51. The van der Waals surface area contributed by atoms with Crippen LogP contribution in [0.1, 0.15) is 49.8 Å². The number of rotatable bonds is 7. The Morgan fingerprint density at radius 3 is 2.62 bits per heavy atom. The number of primary amides is 1. The van der Waals surface area contributed by atoms with Gasteiger partial charge in [-0.15, -0.1) is 0 Å². The van der Waals surface area contributed by atoms with Crippen LogP contribution in [-0.2, 0) is 14.8 Å². The molecule has 2 aromatic carbocycles. The molecule has 2 unspecified atom stereocenters. The summed E-state index contributed by atoms with van der Waals surface area (Å²) >= 11 is 6.13. The van der Waals surface area contributed by atoms with Crippen LogP contribution >= 0.6 is 11.6 Å². The Balaban J connectivity index is 2.15. The van der Waals surface area contributed by atoms with E-state index in [-0.39, 0.29) is 4.90 Å². The highest BCUT2D eigenvalue weighted by atomic mass is 35.5. The molecule has 1 aliphatic heterocycles. The van der Waals surface area contributed by atoms with Gasteiger partial charge in [0.15, 0.2) is 0 Å². The number of nitrogens with two attached hydrogens (primary N) is 1. The highest BCUT2D eigenvalue weighted by Crippen LogP contribution is 2.41. The van der Waals surface area contributed by atoms with Crippen molar-refractivity contribution in [1.29, 1.82) is 0 Å². The van der Waals surface area contributed by atoms with E-state index in [4.69, 9.17) is 17.3 Å². The molecule has 0 bridgehead atoms. The standard InChI is InChI=1S/C21H26ClN3O3S/c1-3-4-5-9-17(21(23)26)24-20-15-8-6-7-10-18(15)25(2)29(27,28)19-13-14(22)11-12-16(19)20/h6-8,10-13,17,20,24H,3-5,9H2,1-2H3,(H2,23,26). The van der Waals surface area contributed by atoms with Gasteiger partial charge in [-0.2, -0.15) is 0 Å². The Labute approximate surface area is 177 Å². The zero-order valence-electron chi connectivity index (χ0n) is 16.6. The van der Waals surface area contributed by atoms with Crippen LogP contribution in [0.25, 0.3) is 0 Å². The molecule has 1 amide bonds.